The zero-order valence-electron chi connectivity index (χ0n) is 14.5. The van der Waals surface area contributed by atoms with Crippen molar-refractivity contribution in [2.24, 2.45) is 0 Å². The van der Waals surface area contributed by atoms with Crippen molar-refractivity contribution in [2.45, 2.75) is 6.54 Å². The van der Waals surface area contributed by atoms with Crippen LogP contribution in [0.4, 0.5) is 0 Å². The van der Waals surface area contributed by atoms with Crippen molar-refractivity contribution in [3.8, 4) is 5.75 Å². The normalized spacial score (nSPS) is 10.8. The molecule has 2 aromatic heterocycles. The summed E-state index contributed by atoms with van der Waals surface area (Å²) >= 11 is 0. The fourth-order valence-electron chi connectivity index (χ4n) is 2.56. The summed E-state index contributed by atoms with van der Waals surface area (Å²) < 4.78 is 7.02. The highest BCUT2D eigenvalue weighted by Crippen LogP contribution is 2.15. The second kappa shape index (κ2) is 8.62. The number of hydrogen-bond acceptors (Lipinski definition) is 4. The molecule has 3 rings (SSSR count). The number of ketones is 1. The number of carbonyl (C=O) groups is 2. The Hall–Kier alpha value is -3.67. The third-order valence-electron chi connectivity index (χ3n) is 3.79. The van der Waals surface area contributed by atoms with Gasteiger partial charge in [0.15, 0.2) is 6.61 Å². The fraction of sp³-hybridized carbons (Fsp3) is 0.0952. The number of ether oxygens (including phenoxy) is 1. The summed E-state index contributed by atoms with van der Waals surface area (Å²) in [5.74, 6) is -0.654. The molecule has 0 bridgehead atoms. The molecule has 1 N–H and O–H groups in total. The first-order valence-electron chi connectivity index (χ1n) is 8.35. The van der Waals surface area contributed by atoms with Crippen LogP contribution in [-0.2, 0) is 11.3 Å². The number of carbonyl (C=O) groups excluding carboxylic acids is 1. The summed E-state index contributed by atoms with van der Waals surface area (Å²) in [6.45, 7) is 0.136. The smallest absolute Gasteiger partial charge is 0.341 e. The molecule has 0 aliphatic rings. The first kappa shape index (κ1) is 18.1. The Morgan fingerprint density at radius 3 is 2.78 bits per heavy atom. The minimum atomic E-state index is -1.02. The highest BCUT2D eigenvalue weighted by molar-refractivity contribution is 6.06. The fourth-order valence-corrected chi connectivity index (χ4v) is 2.56. The quantitative estimate of drug-likeness (QED) is 0.622. The number of carboxylic acids is 1. The summed E-state index contributed by atoms with van der Waals surface area (Å²) in [6.07, 6.45) is 7.25. The van der Waals surface area contributed by atoms with Gasteiger partial charge in [-0.1, -0.05) is 30.4 Å². The van der Waals surface area contributed by atoms with Gasteiger partial charge >= 0.3 is 5.97 Å². The predicted molar refractivity (Wildman–Crippen MR) is 101 cm³/mol. The van der Waals surface area contributed by atoms with E-state index in [2.05, 4.69) is 4.98 Å². The Labute approximate surface area is 156 Å². The van der Waals surface area contributed by atoms with Gasteiger partial charge in [-0.2, -0.15) is 0 Å². The topological polar surface area (TPSA) is 81.4 Å². The second-order valence-corrected chi connectivity index (χ2v) is 5.75. The Balaban J connectivity index is 1.68. The largest absolute Gasteiger partial charge is 0.482 e. The molecule has 6 heteroatoms. The van der Waals surface area contributed by atoms with Gasteiger partial charge in [-0.3, -0.25) is 9.78 Å². The molecule has 27 heavy (non-hydrogen) atoms. The molecular weight excluding hydrogens is 344 g/mol. The van der Waals surface area contributed by atoms with Gasteiger partial charge in [0.1, 0.15) is 11.4 Å². The molecule has 0 aliphatic heterocycles. The number of nitrogens with zero attached hydrogens (tertiary/aromatic N) is 2. The first-order chi connectivity index (χ1) is 13.1. The predicted octanol–water partition coefficient (Wildman–Crippen LogP) is 3.29. The van der Waals surface area contributed by atoms with E-state index in [1.54, 1.807) is 48.7 Å². The number of hydrogen-bond donors (Lipinski definition) is 1. The maximum atomic E-state index is 12.6. The van der Waals surface area contributed by atoms with Crippen molar-refractivity contribution < 1.29 is 19.4 Å². The minimum absolute atomic E-state index is 0.127. The molecule has 1 aromatic carbocycles. The van der Waals surface area contributed by atoms with Gasteiger partial charge in [-0.25, -0.2) is 4.79 Å². The van der Waals surface area contributed by atoms with Gasteiger partial charge in [-0.15, -0.1) is 0 Å². The van der Waals surface area contributed by atoms with Crippen LogP contribution in [0.1, 0.15) is 21.7 Å². The standard InChI is InChI=1S/C21H18N2O4/c24-20(25)15-27-17-8-3-6-16(14-17)7-4-12-23-13-5-10-19(23)21(26)18-9-1-2-11-22-18/h1-11,13-14H,12,15H2,(H,24,25). The number of allylic oxidation sites excluding steroid dienone is 1. The van der Waals surface area contributed by atoms with Gasteiger partial charge in [0, 0.05) is 18.9 Å². The van der Waals surface area contributed by atoms with E-state index in [1.165, 1.54) is 0 Å². The number of pyridine rings is 1. The monoisotopic (exact) mass is 362 g/mol. The maximum absolute atomic E-state index is 12.6. The van der Waals surface area contributed by atoms with E-state index in [0.717, 1.165) is 5.56 Å². The van der Waals surface area contributed by atoms with Gasteiger partial charge in [-0.05, 0) is 42.0 Å². The van der Waals surface area contributed by atoms with Crippen molar-refractivity contribution in [3.63, 3.8) is 0 Å². The van der Waals surface area contributed by atoms with Gasteiger partial charge in [0.2, 0.25) is 5.78 Å². The Bertz CT molecular complexity index is 961. The lowest BCUT2D eigenvalue weighted by Gasteiger charge is -2.06. The number of aromatic nitrogens is 2. The Morgan fingerprint density at radius 2 is 2.00 bits per heavy atom. The molecule has 0 radical (unpaired) electrons. The Morgan fingerprint density at radius 1 is 1.11 bits per heavy atom. The second-order valence-electron chi connectivity index (χ2n) is 5.75. The first-order valence-corrected chi connectivity index (χ1v) is 8.35. The van der Waals surface area contributed by atoms with Crippen LogP contribution in [0.3, 0.4) is 0 Å². The maximum Gasteiger partial charge on any atom is 0.341 e. The molecule has 136 valence electrons. The van der Waals surface area contributed by atoms with Gasteiger partial charge in [0.05, 0.1) is 5.69 Å². The van der Waals surface area contributed by atoms with Crippen molar-refractivity contribution in [1.29, 1.82) is 0 Å². The lowest BCUT2D eigenvalue weighted by Crippen LogP contribution is -2.10. The highest BCUT2D eigenvalue weighted by Gasteiger charge is 2.13. The lowest BCUT2D eigenvalue weighted by atomic mass is 10.2. The van der Waals surface area contributed by atoms with E-state index in [4.69, 9.17) is 9.84 Å². The van der Waals surface area contributed by atoms with Crippen LogP contribution in [0, 0.1) is 0 Å². The number of benzene rings is 1. The zero-order valence-corrected chi connectivity index (χ0v) is 14.5. The molecule has 0 saturated heterocycles. The number of rotatable bonds is 8. The molecular formula is C21H18N2O4. The molecule has 0 spiro atoms. The van der Waals surface area contributed by atoms with Crippen LogP contribution >= 0.6 is 0 Å². The lowest BCUT2D eigenvalue weighted by molar-refractivity contribution is -0.139. The van der Waals surface area contributed by atoms with Gasteiger partial charge < -0.3 is 14.4 Å². The van der Waals surface area contributed by atoms with Crippen molar-refractivity contribution >= 4 is 17.8 Å². The van der Waals surface area contributed by atoms with E-state index >= 15 is 0 Å². The molecule has 3 aromatic rings. The highest BCUT2D eigenvalue weighted by atomic mass is 16.5. The molecule has 6 nitrogen and oxygen atoms in total. The molecule has 2 heterocycles. The van der Waals surface area contributed by atoms with Crippen LogP contribution in [0.2, 0.25) is 0 Å². The molecule has 0 saturated carbocycles. The van der Waals surface area contributed by atoms with Crippen LogP contribution in [-0.4, -0.2) is 33.0 Å². The van der Waals surface area contributed by atoms with E-state index in [0.29, 0.717) is 23.7 Å². The summed E-state index contributed by atoms with van der Waals surface area (Å²) in [5.41, 5.74) is 1.85. The summed E-state index contributed by atoms with van der Waals surface area (Å²) in [4.78, 5) is 27.2. The van der Waals surface area contributed by atoms with Crippen molar-refractivity contribution in [3.05, 3.63) is 90.0 Å². The van der Waals surface area contributed by atoms with E-state index in [-0.39, 0.29) is 12.4 Å². The van der Waals surface area contributed by atoms with Crippen molar-refractivity contribution in [2.75, 3.05) is 6.61 Å². The number of aliphatic carboxylic acids is 1. The van der Waals surface area contributed by atoms with Crippen LogP contribution in [0.15, 0.2) is 73.1 Å². The zero-order chi connectivity index (χ0) is 19.1. The van der Waals surface area contributed by atoms with E-state index in [1.807, 2.05) is 35.0 Å². The van der Waals surface area contributed by atoms with E-state index < -0.39 is 5.97 Å². The average molecular weight is 362 g/mol. The van der Waals surface area contributed by atoms with Crippen LogP contribution in [0.5, 0.6) is 5.75 Å². The Kier molecular flexibility index (Phi) is 5.79. The molecule has 0 unspecified atom stereocenters. The SMILES string of the molecule is O=C(O)COc1cccc(C=CCn2cccc2C(=O)c2ccccn2)c1. The summed E-state index contributed by atoms with van der Waals surface area (Å²) in [6, 6.07) is 16.0. The van der Waals surface area contributed by atoms with Gasteiger partial charge in [0.25, 0.3) is 0 Å². The average Bonchev–Trinajstić information content (AvgIpc) is 3.15. The van der Waals surface area contributed by atoms with Crippen molar-refractivity contribution in [1.82, 2.24) is 9.55 Å². The van der Waals surface area contributed by atoms with Crippen LogP contribution < -0.4 is 4.74 Å². The summed E-state index contributed by atoms with van der Waals surface area (Å²) in [5, 5.41) is 8.67. The molecule has 0 aliphatic carbocycles. The third kappa shape index (κ3) is 4.92. The minimum Gasteiger partial charge on any atom is -0.482 e. The van der Waals surface area contributed by atoms with Crippen LogP contribution in [0.25, 0.3) is 6.08 Å². The molecule has 0 amide bonds. The van der Waals surface area contributed by atoms with E-state index in [9.17, 15) is 9.59 Å². The molecule has 0 atom stereocenters. The molecule has 0 fully saturated rings. The number of carboxylic acid groups (broad SMARTS) is 1. The summed E-state index contributed by atoms with van der Waals surface area (Å²) in [7, 11) is 0. The third-order valence-corrected chi connectivity index (χ3v) is 3.79.